The molecule has 0 unspecified atom stereocenters. The maximum absolute atomic E-state index is 5.99. The van der Waals surface area contributed by atoms with Crippen LogP contribution >= 0.6 is 45.9 Å². The highest BCUT2D eigenvalue weighted by molar-refractivity contribution is 7.22. The van der Waals surface area contributed by atoms with Gasteiger partial charge in [-0.05, 0) is 43.3 Å². The highest BCUT2D eigenvalue weighted by Crippen LogP contribution is 2.28. The first-order valence-corrected chi connectivity index (χ1v) is 9.93. The number of nitrogens with zero attached hydrogens (tertiary/aromatic N) is 1. The zero-order valence-electron chi connectivity index (χ0n) is 12.4. The molecule has 0 aliphatic rings. The van der Waals surface area contributed by atoms with Crippen molar-refractivity contribution in [1.29, 1.82) is 0 Å². The molecule has 0 saturated heterocycles. The van der Waals surface area contributed by atoms with Gasteiger partial charge in [0.05, 0.1) is 16.1 Å². The minimum atomic E-state index is 0.599. The largest absolute Gasteiger partial charge is 0.361 e. The smallest absolute Gasteiger partial charge is 0.183 e. The van der Waals surface area contributed by atoms with E-state index in [0.717, 1.165) is 46.4 Å². The molecule has 122 valence electrons. The first-order valence-electron chi connectivity index (χ1n) is 7.39. The monoisotopic (exact) mass is 385 g/mol. The van der Waals surface area contributed by atoms with Crippen LogP contribution in [-0.2, 0) is 12.4 Å². The number of fused-ring (bicyclic) bond motifs is 1. The third-order valence-corrected chi connectivity index (χ3v) is 6.05. The van der Waals surface area contributed by atoms with E-state index >= 15 is 0 Å². The molecule has 3 aromatic rings. The summed E-state index contributed by atoms with van der Waals surface area (Å²) in [5, 5.41) is 8.53. The average Bonchev–Trinajstić information content (AvgIpc) is 3.16. The second-order valence-corrected chi connectivity index (χ2v) is 8.08. The van der Waals surface area contributed by atoms with Gasteiger partial charge in [0.2, 0.25) is 0 Å². The van der Waals surface area contributed by atoms with Gasteiger partial charge >= 0.3 is 0 Å². The highest BCUT2D eigenvalue weighted by atomic mass is 35.5. The number of thiophene rings is 1. The van der Waals surface area contributed by atoms with Crippen molar-refractivity contribution in [2.45, 2.75) is 18.8 Å². The third kappa shape index (κ3) is 4.81. The first-order chi connectivity index (χ1) is 11.2. The van der Waals surface area contributed by atoms with Gasteiger partial charge < -0.3 is 10.6 Å². The zero-order chi connectivity index (χ0) is 16.1. The second-order valence-electron chi connectivity index (χ2n) is 5.09. The second kappa shape index (κ2) is 8.31. The van der Waals surface area contributed by atoms with Crippen molar-refractivity contribution in [3.05, 3.63) is 45.1 Å². The van der Waals surface area contributed by atoms with Crippen LogP contribution in [0.4, 0.5) is 5.13 Å². The molecule has 3 nitrogen and oxygen atoms in total. The van der Waals surface area contributed by atoms with Crippen LogP contribution in [0.2, 0.25) is 5.02 Å². The van der Waals surface area contributed by atoms with E-state index in [4.69, 9.17) is 23.2 Å². The van der Waals surface area contributed by atoms with Crippen molar-refractivity contribution < 1.29 is 0 Å². The van der Waals surface area contributed by atoms with Crippen LogP contribution in [0.3, 0.4) is 0 Å². The van der Waals surface area contributed by atoms with Crippen LogP contribution in [-0.4, -0.2) is 18.1 Å². The topological polar surface area (TPSA) is 37.0 Å². The fraction of sp³-hybridized carbons (Fsp3) is 0.312. The van der Waals surface area contributed by atoms with Gasteiger partial charge in [-0.25, -0.2) is 4.98 Å². The zero-order valence-corrected chi connectivity index (χ0v) is 15.6. The Morgan fingerprint density at radius 2 is 1.91 bits per heavy atom. The fourth-order valence-electron chi connectivity index (χ4n) is 2.18. The molecule has 0 amide bonds. The number of rotatable bonds is 8. The molecule has 0 atom stereocenters. The molecule has 0 aliphatic carbocycles. The van der Waals surface area contributed by atoms with E-state index in [0.29, 0.717) is 5.88 Å². The summed E-state index contributed by atoms with van der Waals surface area (Å²) in [5.41, 5.74) is 0.993. The lowest BCUT2D eigenvalue weighted by molar-refractivity contribution is 0.668. The molecule has 2 heterocycles. The predicted octanol–water partition coefficient (Wildman–Crippen LogP) is 5.34. The van der Waals surface area contributed by atoms with Crippen LogP contribution < -0.4 is 10.6 Å². The number of aromatic nitrogens is 1. The van der Waals surface area contributed by atoms with E-state index in [-0.39, 0.29) is 0 Å². The normalized spacial score (nSPS) is 11.2. The van der Waals surface area contributed by atoms with E-state index in [1.165, 1.54) is 9.75 Å². The molecule has 2 N–H and O–H groups in total. The minimum Gasteiger partial charge on any atom is -0.361 e. The van der Waals surface area contributed by atoms with E-state index in [9.17, 15) is 0 Å². The lowest BCUT2D eigenvalue weighted by Crippen LogP contribution is -2.17. The Hall–Kier alpha value is -0.850. The maximum atomic E-state index is 5.99. The number of benzene rings is 1. The summed E-state index contributed by atoms with van der Waals surface area (Å²) >= 11 is 15.2. The first kappa shape index (κ1) is 17.0. The number of alkyl halides is 1. The Bertz CT molecular complexity index is 770. The lowest BCUT2D eigenvalue weighted by Gasteiger charge is -2.04. The van der Waals surface area contributed by atoms with Gasteiger partial charge in [0.1, 0.15) is 0 Å². The van der Waals surface area contributed by atoms with E-state index < -0.39 is 0 Å². The number of halogens is 2. The van der Waals surface area contributed by atoms with Crippen molar-refractivity contribution >= 4 is 61.2 Å². The van der Waals surface area contributed by atoms with Gasteiger partial charge in [0, 0.05) is 27.9 Å². The molecule has 3 rings (SSSR count). The summed E-state index contributed by atoms with van der Waals surface area (Å²) in [6.45, 7) is 2.77. The number of thiazole rings is 1. The van der Waals surface area contributed by atoms with E-state index in [2.05, 4.69) is 27.8 Å². The van der Waals surface area contributed by atoms with Gasteiger partial charge in [-0.15, -0.1) is 22.9 Å². The summed E-state index contributed by atoms with van der Waals surface area (Å²) in [6, 6.07) is 10.0. The molecule has 0 radical (unpaired) electrons. The quantitative estimate of drug-likeness (QED) is 0.405. The van der Waals surface area contributed by atoms with Gasteiger partial charge in [-0.3, -0.25) is 0 Å². The number of anilines is 1. The molecule has 0 spiro atoms. The molecule has 7 heteroatoms. The molecular weight excluding hydrogens is 369 g/mol. The van der Waals surface area contributed by atoms with Crippen LogP contribution in [0.25, 0.3) is 10.2 Å². The number of nitrogens with one attached hydrogen (secondary N) is 2. The van der Waals surface area contributed by atoms with Crippen LogP contribution in [0.5, 0.6) is 0 Å². The Balaban J connectivity index is 1.37. The molecule has 0 fully saturated rings. The molecule has 0 bridgehead atoms. The molecule has 0 aliphatic heterocycles. The Morgan fingerprint density at radius 3 is 2.74 bits per heavy atom. The SMILES string of the molecule is ClCc1ccc(CNCCCNc2nc3ccc(Cl)cc3s2)s1. The van der Waals surface area contributed by atoms with Crippen molar-refractivity contribution in [2.75, 3.05) is 18.4 Å². The molecule has 0 saturated carbocycles. The molecule has 1 aromatic carbocycles. The average molecular weight is 386 g/mol. The molecule has 23 heavy (non-hydrogen) atoms. The number of hydrogen-bond donors (Lipinski definition) is 2. The van der Waals surface area contributed by atoms with Crippen molar-refractivity contribution in [3.63, 3.8) is 0 Å². The molecular formula is C16H17Cl2N3S2. The van der Waals surface area contributed by atoms with E-state index in [1.54, 1.807) is 22.7 Å². The highest BCUT2D eigenvalue weighted by Gasteiger charge is 2.03. The summed E-state index contributed by atoms with van der Waals surface area (Å²) < 4.78 is 1.12. The summed E-state index contributed by atoms with van der Waals surface area (Å²) in [5.74, 6) is 0.599. The van der Waals surface area contributed by atoms with E-state index in [1.807, 2.05) is 18.2 Å². The minimum absolute atomic E-state index is 0.599. The predicted molar refractivity (Wildman–Crippen MR) is 103 cm³/mol. The summed E-state index contributed by atoms with van der Waals surface area (Å²) in [4.78, 5) is 7.10. The van der Waals surface area contributed by atoms with Crippen molar-refractivity contribution in [2.24, 2.45) is 0 Å². The van der Waals surface area contributed by atoms with Crippen molar-refractivity contribution in [3.8, 4) is 0 Å². The van der Waals surface area contributed by atoms with Gasteiger partial charge in [0.15, 0.2) is 5.13 Å². The van der Waals surface area contributed by atoms with Gasteiger partial charge in [0.25, 0.3) is 0 Å². The Morgan fingerprint density at radius 1 is 1.04 bits per heavy atom. The van der Waals surface area contributed by atoms with Crippen LogP contribution in [0.15, 0.2) is 30.3 Å². The standard InChI is InChI=1S/C16H17Cl2N3S2/c17-9-12-3-4-13(22-12)10-19-6-1-7-20-16-21-14-5-2-11(18)8-15(14)23-16/h2-5,8,19H,1,6-7,9-10H2,(H,20,21). The van der Waals surface area contributed by atoms with Crippen LogP contribution in [0, 0.1) is 0 Å². The fourth-order valence-corrected chi connectivity index (χ4v) is 4.44. The van der Waals surface area contributed by atoms with Crippen molar-refractivity contribution in [1.82, 2.24) is 10.3 Å². The van der Waals surface area contributed by atoms with Crippen LogP contribution in [0.1, 0.15) is 16.2 Å². The summed E-state index contributed by atoms with van der Waals surface area (Å²) in [6.07, 6.45) is 1.05. The lowest BCUT2D eigenvalue weighted by atomic mass is 10.3. The third-order valence-electron chi connectivity index (χ3n) is 3.31. The maximum Gasteiger partial charge on any atom is 0.183 e. The Kier molecular flexibility index (Phi) is 6.14. The Labute approximate surface area is 153 Å². The van der Waals surface area contributed by atoms with Gasteiger partial charge in [-0.2, -0.15) is 0 Å². The molecule has 2 aromatic heterocycles. The summed E-state index contributed by atoms with van der Waals surface area (Å²) in [7, 11) is 0. The van der Waals surface area contributed by atoms with Gasteiger partial charge in [-0.1, -0.05) is 22.9 Å². The number of hydrogen-bond acceptors (Lipinski definition) is 5.